The third kappa shape index (κ3) is 5.85. The molecule has 2 aromatic carbocycles. The Kier molecular flexibility index (Phi) is 6.51. The second-order valence-electron chi connectivity index (χ2n) is 7.06. The van der Waals surface area contributed by atoms with Crippen molar-refractivity contribution in [2.75, 3.05) is 5.32 Å². The van der Waals surface area contributed by atoms with Crippen molar-refractivity contribution in [3.05, 3.63) is 52.3 Å². The maximum Gasteiger partial charge on any atom is 0.342 e. The number of phenolic OH excluding ortho intramolecular Hbond substituents is 1. The molecule has 0 unspecified atom stereocenters. The van der Waals surface area contributed by atoms with Gasteiger partial charge in [-0.3, -0.25) is 4.79 Å². The maximum absolute atomic E-state index is 13.5. The van der Waals surface area contributed by atoms with Crippen LogP contribution in [-0.2, 0) is 16.1 Å². The molecular weight excluding hydrogens is 389 g/mol. The Balaban J connectivity index is 2.27. The van der Waals surface area contributed by atoms with E-state index in [1.165, 1.54) is 19.1 Å². The molecule has 0 amide bonds. The summed E-state index contributed by atoms with van der Waals surface area (Å²) in [4.78, 5) is 23.7. The Labute approximate surface area is 167 Å². The molecule has 0 radical (unpaired) electrons. The minimum Gasteiger partial charge on any atom is -0.506 e. The molecule has 0 atom stereocenters. The van der Waals surface area contributed by atoms with E-state index in [1.54, 1.807) is 26.8 Å². The molecule has 6 nitrogen and oxygen atoms in total. The number of rotatable bonds is 5. The standard InChI is InChI=1S/C20H21ClFNO5/c1-11(24)27-17-9-14(5-6-15(17)19(26)28-20(2,3)4)23-10-12-7-13(22)8-16(21)18(12)25/h5-9,23,25H,10H2,1-4H3. The van der Waals surface area contributed by atoms with Gasteiger partial charge in [-0.15, -0.1) is 0 Å². The van der Waals surface area contributed by atoms with Crippen LogP contribution in [0.4, 0.5) is 10.1 Å². The van der Waals surface area contributed by atoms with Gasteiger partial charge in [-0.1, -0.05) is 11.6 Å². The number of hydrogen-bond acceptors (Lipinski definition) is 6. The topological polar surface area (TPSA) is 84.9 Å². The first-order valence-electron chi connectivity index (χ1n) is 8.43. The molecule has 150 valence electrons. The molecule has 0 bridgehead atoms. The van der Waals surface area contributed by atoms with Gasteiger partial charge >= 0.3 is 11.9 Å². The van der Waals surface area contributed by atoms with Gasteiger partial charge in [-0.05, 0) is 45.0 Å². The van der Waals surface area contributed by atoms with Gasteiger partial charge < -0.3 is 19.9 Å². The van der Waals surface area contributed by atoms with Crippen molar-refractivity contribution in [1.29, 1.82) is 0 Å². The minimum absolute atomic E-state index is 0.0215. The Morgan fingerprint density at radius 3 is 2.50 bits per heavy atom. The fourth-order valence-electron chi connectivity index (χ4n) is 2.32. The highest BCUT2D eigenvalue weighted by Crippen LogP contribution is 2.30. The summed E-state index contributed by atoms with van der Waals surface area (Å²) >= 11 is 5.77. The molecule has 0 heterocycles. The van der Waals surface area contributed by atoms with Crippen LogP contribution in [-0.4, -0.2) is 22.6 Å². The van der Waals surface area contributed by atoms with Crippen molar-refractivity contribution in [2.45, 2.75) is 39.8 Å². The fraction of sp³-hybridized carbons (Fsp3) is 0.300. The monoisotopic (exact) mass is 409 g/mol. The van der Waals surface area contributed by atoms with Crippen LogP contribution in [0.3, 0.4) is 0 Å². The van der Waals surface area contributed by atoms with Crippen molar-refractivity contribution < 1.29 is 28.6 Å². The van der Waals surface area contributed by atoms with E-state index >= 15 is 0 Å². The van der Waals surface area contributed by atoms with Gasteiger partial charge in [0.1, 0.15) is 28.5 Å². The number of ether oxygens (including phenoxy) is 2. The Hall–Kier alpha value is -2.80. The molecule has 0 aliphatic rings. The molecule has 28 heavy (non-hydrogen) atoms. The molecule has 2 N–H and O–H groups in total. The number of phenols is 1. The maximum atomic E-state index is 13.5. The van der Waals surface area contributed by atoms with Gasteiger partial charge in [-0.2, -0.15) is 0 Å². The number of benzene rings is 2. The Morgan fingerprint density at radius 1 is 1.21 bits per heavy atom. The van der Waals surface area contributed by atoms with Crippen molar-refractivity contribution in [3.8, 4) is 11.5 Å². The molecule has 0 spiro atoms. The second-order valence-corrected chi connectivity index (χ2v) is 7.46. The molecule has 0 aliphatic heterocycles. The predicted molar refractivity (Wildman–Crippen MR) is 103 cm³/mol. The minimum atomic E-state index is -0.713. The lowest BCUT2D eigenvalue weighted by Gasteiger charge is -2.20. The first kappa shape index (κ1) is 21.5. The summed E-state index contributed by atoms with van der Waals surface area (Å²) in [6.45, 7) is 6.44. The number of nitrogens with one attached hydrogen (secondary N) is 1. The molecule has 0 aliphatic carbocycles. The van der Waals surface area contributed by atoms with Crippen molar-refractivity contribution in [1.82, 2.24) is 0 Å². The summed E-state index contributed by atoms with van der Waals surface area (Å²) in [5.41, 5.74) is 0.0984. The van der Waals surface area contributed by atoms with E-state index in [1.807, 2.05) is 0 Å². The summed E-state index contributed by atoms with van der Waals surface area (Å²) in [6, 6.07) is 6.63. The van der Waals surface area contributed by atoms with Gasteiger partial charge in [-0.25, -0.2) is 9.18 Å². The SMILES string of the molecule is CC(=O)Oc1cc(NCc2cc(F)cc(Cl)c2O)ccc1C(=O)OC(C)(C)C. The Bertz CT molecular complexity index is 908. The van der Waals surface area contributed by atoms with E-state index in [0.717, 1.165) is 12.1 Å². The van der Waals surface area contributed by atoms with E-state index in [-0.39, 0.29) is 34.2 Å². The molecule has 2 rings (SSSR count). The largest absolute Gasteiger partial charge is 0.506 e. The van der Waals surface area contributed by atoms with E-state index in [4.69, 9.17) is 21.1 Å². The average molecular weight is 410 g/mol. The van der Waals surface area contributed by atoms with Crippen LogP contribution in [0.25, 0.3) is 0 Å². The fourth-order valence-corrected chi connectivity index (χ4v) is 2.55. The van der Waals surface area contributed by atoms with Crippen molar-refractivity contribution >= 4 is 29.2 Å². The third-order valence-corrected chi connectivity index (χ3v) is 3.73. The van der Waals surface area contributed by atoms with Crippen LogP contribution in [0.1, 0.15) is 43.6 Å². The zero-order chi connectivity index (χ0) is 21.1. The molecule has 0 fully saturated rings. The zero-order valence-electron chi connectivity index (χ0n) is 15.9. The average Bonchev–Trinajstić information content (AvgIpc) is 2.54. The van der Waals surface area contributed by atoms with Crippen LogP contribution < -0.4 is 10.1 Å². The van der Waals surface area contributed by atoms with Crippen LogP contribution in [0.15, 0.2) is 30.3 Å². The zero-order valence-corrected chi connectivity index (χ0v) is 16.7. The van der Waals surface area contributed by atoms with Gasteiger partial charge in [0.05, 0.1) is 5.02 Å². The summed E-state index contributed by atoms with van der Waals surface area (Å²) in [5, 5.41) is 12.8. The van der Waals surface area contributed by atoms with Gasteiger partial charge in [0.25, 0.3) is 0 Å². The molecular formula is C20H21ClFNO5. The summed E-state index contributed by atoms with van der Waals surface area (Å²) in [7, 11) is 0. The smallest absolute Gasteiger partial charge is 0.342 e. The van der Waals surface area contributed by atoms with E-state index < -0.39 is 23.4 Å². The number of aromatic hydroxyl groups is 1. The van der Waals surface area contributed by atoms with Gasteiger partial charge in [0, 0.05) is 30.8 Å². The lowest BCUT2D eigenvalue weighted by atomic mass is 10.1. The lowest BCUT2D eigenvalue weighted by molar-refractivity contribution is -0.131. The van der Waals surface area contributed by atoms with Gasteiger partial charge in [0.2, 0.25) is 0 Å². The lowest BCUT2D eigenvalue weighted by Crippen LogP contribution is -2.24. The van der Waals surface area contributed by atoms with Crippen LogP contribution in [0.5, 0.6) is 11.5 Å². The van der Waals surface area contributed by atoms with Crippen molar-refractivity contribution in [3.63, 3.8) is 0 Å². The number of esters is 2. The van der Waals surface area contributed by atoms with E-state index in [9.17, 15) is 19.1 Å². The summed E-state index contributed by atoms with van der Waals surface area (Å²) in [6.07, 6.45) is 0. The number of halogens is 2. The molecule has 2 aromatic rings. The van der Waals surface area contributed by atoms with Crippen LogP contribution in [0.2, 0.25) is 5.02 Å². The summed E-state index contributed by atoms with van der Waals surface area (Å²) < 4.78 is 23.9. The number of carbonyl (C=O) groups excluding carboxylic acids is 2. The highest BCUT2D eigenvalue weighted by atomic mass is 35.5. The second kappa shape index (κ2) is 8.48. The molecule has 0 aromatic heterocycles. The molecule has 0 saturated heterocycles. The summed E-state index contributed by atoms with van der Waals surface area (Å²) in [5.74, 6) is -2.03. The highest BCUT2D eigenvalue weighted by molar-refractivity contribution is 6.32. The number of anilines is 1. The van der Waals surface area contributed by atoms with Crippen molar-refractivity contribution in [2.24, 2.45) is 0 Å². The number of carbonyl (C=O) groups is 2. The van der Waals surface area contributed by atoms with Crippen LogP contribution in [0, 0.1) is 5.82 Å². The predicted octanol–water partition coefficient (Wildman–Crippen LogP) is 4.68. The third-order valence-electron chi connectivity index (χ3n) is 3.44. The van der Waals surface area contributed by atoms with Gasteiger partial charge in [0.15, 0.2) is 0 Å². The number of hydrogen-bond donors (Lipinski definition) is 2. The Morgan fingerprint density at radius 2 is 1.89 bits per heavy atom. The quantitative estimate of drug-likeness (QED) is 0.551. The normalized spacial score (nSPS) is 11.1. The van der Waals surface area contributed by atoms with E-state index in [2.05, 4.69) is 5.32 Å². The first-order chi connectivity index (χ1) is 13.0. The molecule has 8 heteroatoms. The molecule has 0 saturated carbocycles. The van der Waals surface area contributed by atoms with E-state index in [0.29, 0.717) is 5.69 Å². The highest BCUT2D eigenvalue weighted by Gasteiger charge is 2.22. The first-order valence-corrected chi connectivity index (χ1v) is 8.80. The van der Waals surface area contributed by atoms with Crippen LogP contribution >= 0.6 is 11.6 Å².